The van der Waals surface area contributed by atoms with Gasteiger partial charge in [0.1, 0.15) is 28.5 Å². The lowest BCUT2D eigenvalue weighted by molar-refractivity contribution is -0.145. The van der Waals surface area contributed by atoms with Crippen LogP contribution in [0.3, 0.4) is 0 Å². The van der Waals surface area contributed by atoms with Gasteiger partial charge in [-0.05, 0) is 56.1 Å². The Morgan fingerprint density at radius 1 is 0.891 bits per heavy atom. The summed E-state index contributed by atoms with van der Waals surface area (Å²) in [4.78, 5) is 40.4. The second-order valence-corrected chi connectivity index (χ2v) is 10.7. The van der Waals surface area contributed by atoms with Gasteiger partial charge in [0.05, 0.1) is 35.0 Å². The molecule has 0 radical (unpaired) electrons. The Hall–Kier alpha value is -4.88. The molecule has 13 heteroatoms. The van der Waals surface area contributed by atoms with Crippen LogP contribution in [0.25, 0.3) is 22.3 Å². The van der Waals surface area contributed by atoms with Gasteiger partial charge >= 0.3 is 5.97 Å². The third-order valence-electron chi connectivity index (χ3n) is 6.75. The zero-order valence-corrected chi connectivity index (χ0v) is 27.2. The van der Waals surface area contributed by atoms with Crippen LogP contribution in [0, 0.1) is 6.92 Å². The third kappa shape index (κ3) is 8.03. The molecule has 1 unspecified atom stereocenters. The van der Waals surface area contributed by atoms with Crippen LogP contribution in [0.5, 0.6) is 28.7 Å². The maximum Gasteiger partial charge on any atom is 0.325 e. The lowest BCUT2D eigenvalue weighted by Crippen LogP contribution is -2.45. The Kier molecular flexibility index (Phi) is 11.8. The molecule has 0 saturated heterocycles. The Morgan fingerprint density at radius 2 is 1.61 bits per heavy atom. The highest BCUT2D eigenvalue weighted by Gasteiger charge is 2.25. The van der Waals surface area contributed by atoms with E-state index in [1.54, 1.807) is 37.3 Å². The predicted octanol–water partition coefficient (Wildman–Crippen LogP) is 4.53. The van der Waals surface area contributed by atoms with Crippen LogP contribution in [-0.4, -0.2) is 66.1 Å². The maximum atomic E-state index is 13.9. The van der Waals surface area contributed by atoms with E-state index < -0.39 is 30.0 Å². The zero-order chi connectivity index (χ0) is 33.2. The molecule has 0 aliphatic carbocycles. The number of benzene rings is 3. The Balaban J connectivity index is 1.60. The van der Waals surface area contributed by atoms with Gasteiger partial charge in [-0.15, -0.1) is 0 Å². The summed E-state index contributed by atoms with van der Waals surface area (Å²) in [5, 5.41) is 2.77. The number of hydrogen-bond acceptors (Lipinski definition) is 12. The highest BCUT2D eigenvalue weighted by molar-refractivity contribution is 7.97. The van der Waals surface area contributed by atoms with Gasteiger partial charge in [0.15, 0.2) is 23.9 Å². The molecule has 4 aromatic rings. The van der Waals surface area contributed by atoms with Crippen molar-refractivity contribution in [1.29, 1.82) is 0 Å². The molecule has 0 aliphatic rings. The number of esters is 1. The molecule has 12 nitrogen and oxygen atoms in total. The molecule has 1 heterocycles. The van der Waals surface area contributed by atoms with E-state index in [1.165, 1.54) is 40.4 Å². The molecule has 46 heavy (non-hydrogen) atoms. The number of fused-ring (bicyclic) bond motifs is 1. The van der Waals surface area contributed by atoms with Gasteiger partial charge in [-0.1, -0.05) is 17.7 Å². The van der Waals surface area contributed by atoms with Crippen LogP contribution in [0.1, 0.15) is 12.5 Å². The third-order valence-corrected chi connectivity index (χ3v) is 7.66. The van der Waals surface area contributed by atoms with Crippen molar-refractivity contribution in [3.63, 3.8) is 0 Å². The largest absolute Gasteiger partial charge is 0.496 e. The summed E-state index contributed by atoms with van der Waals surface area (Å²) in [6.45, 7) is 3.20. The van der Waals surface area contributed by atoms with E-state index >= 15 is 0 Å². The van der Waals surface area contributed by atoms with Crippen LogP contribution in [0.4, 0.5) is 0 Å². The van der Waals surface area contributed by atoms with Crippen molar-refractivity contribution in [2.75, 3.05) is 48.2 Å². The smallest absolute Gasteiger partial charge is 0.325 e. The summed E-state index contributed by atoms with van der Waals surface area (Å²) in [5.41, 5.74) is 1.14. The molecule has 0 saturated carbocycles. The van der Waals surface area contributed by atoms with E-state index in [4.69, 9.17) is 32.8 Å². The first-order valence-electron chi connectivity index (χ1n) is 14.2. The lowest BCUT2D eigenvalue weighted by Gasteiger charge is -2.18. The van der Waals surface area contributed by atoms with Gasteiger partial charge in [-0.2, -0.15) is 0 Å². The average Bonchev–Trinajstić information content (AvgIpc) is 3.07. The van der Waals surface area contributed by atoms with E-state index in [1.807, 2.05) is 31.2 Å². The summed E-state index contributed by atoms with van der Waals surface area (Å²) in [6, 6.07) is 14.9. The summed E-state index contributed by atoms with van der Waals surface area (Å²) in [7, 11) is 5.87. The maximum absolute atomic E-state index is 13.9. The standard InChI is InChI=1S/C33H36N2O10S/c1-7-43-33(38)23(35-46-22-11-8-19(2)9-12-22)17-34-28(36)18-44-32-30(37)29-26(42-6)15-21(39-3)16-27(29)45-31(32)20-10-13-24(40-4)25(14-20)41-5/h8-16,23,35H,7,17-18H2,1-6H3,(H,34,36). The number of nitrogens with one attached hydrogen (secondary N) is 2. The molecule has 1 atom stereocenters. The monoisotopic (exact) mass is 652 g/mol. The predicted molar refractivity (Wildman–Crippen MR) is 173 cm³/mol. The molecule has 0 aliphatic heterocycles. The molecule has 0 fully saturated rings. The number of methoxy groups -OCH3 is 4. The molecule has 3 aromatic carbocycles. The van der Waals surface area contributed by atoms with E-state index in [0.717, 1.165) is 10.5 Å². The van der Waals surface area contributed by atoms with Crippen molar-refractivity contribution >= 4 is 34.8 Å². The number of carbonyl (C=O) groups is 2. The topological polar surface area (TPSA) is 144 Å². The van der Waals surface area contributed by atoms with Crippen LogP contribution < -0.4 is 39.2 Å². The number of rotatable bonds is 15. The first-order valence-corrected chi connectivity index (χ1v) is 15.0. The van der Waals surface area contributed by atoms with Crippen molar-refractivity contribution in [3.05, 3.63) is 70.4 Å². The van der Waals surface area contributed by atoms with Crippen LogP contribution >= 0.6 is 11.9 Å². The molecular formula is C33H36N2O10S. The van der Waals surface area contributed by atoms with E-state index in [0.29, 0.717) is 22.8 Å². The number of ether oxygens (including phenoxy) is 6. The highest BCUT2D eigenvalue weighted by Crippen LogP contribution is 2.39. The number of hydrogen-bond donors (Lipinski definition) is 2. The van der Waals surface area contributed by atoms with Crippen molar-refractivity contribution in [3.8, 4) is 40.1 Å². The van der Waals surface area contributed by atoms with Gasteiger partial charge in [0.25, 0.3) is 5.91 Å². The molecule has 1 amide bonds. The van der Waals surface area contributed by atoms with Crippen molar-refractivity contribution in [1.82, 2.24) is 10.0 Å². The Bertz CT molecular complexity index is 1740. The summed E-state index contributed by atoms with van der Waals surface area (Å²) < 4.78 is 41.8. The Morgan fingerprint density at radius 3 is 2.26 bits per heavy atom. The van der Waals surface area contributed by atoms with Gasteiger partial charge in [-0.25, -0.2) is 4.72 Å². The van der Waals surface area contributed by atoms with Gasteiger partial charge in [-0.3, -0.25) is 14.4 Å². The van der Waals surface area contributed by atoms with Crippen LogP contribution in [-0.2, 0) is 14.3 Å². The molecule has 244 valence electrons. The van der Waals surface area contributed by atoms with Crippen LogP contribution in [0.2, 0.25) is 0 Å². The van der Waals surface area contributed by atoms with E-state index in [-0.39, 0.29) is 41.4 Å². The first-order chi connectivity index (χ1) is 22.2. The van der Waals surface area contributed by atoms with Crippen LogP contribution in [0.15, 0.2) is 68.7 Å². The fourth-order valence-electron chi connectivity index (χ4n) is 4.39. The molecule has 0 bridgehead atoms. The SMILES string of the molecule is CCOC(=O)C(CNC(=O)COc1c(-c2ccc(OC)c(OC)c2)oc2cc(OC)cc(OC)c2c1=O)NSc1ccc(C)cc1. The van der Waals surface area contributed by atoms with Gasteiger partial charge in [0, 0.05) is 29.1 Å². The summed E-state index contributed by atoms with van der Waals surface area (Å²) in [5.74, 6) is 0.151. The zero-order valence-electron chi connectivity index (χ0n) is 26.4. The molecule has 1 aromatic heterocycles. The first kappa shape index (κ1) is 34.0. The normalized spacial score (nSPS) is 11.4. The van der Waals surface area contributed by atoms with Gasteiger partial charge in [0.2, 0.25) is 11.2 Å². The second kappa shape index (κ2) is 15.9. The minimum Gasteiger partial charge on any atom is -0.496 e. The fourth-order valence-corrected chi connectivity index (χ4v) is 5.12. The molecular weight excluding hydrogens is 616 g/mol. The van der Waals surface area contributed by atoms with Gasteiger partial charge < -0.3 is 38.2 Å². The molecule has 4 rings (SSSR count). The quantitative estimate of drug-likeness (QED) is 0.138. The minimum absolute atomic E-state index is 0.0436. The van der Waals surface area contributed by atoms with Crippen molar-refractivity contribution < 1.29 is 42.4 Å². The lowest BCUT2D eigenvalue weighted by atomic mass is 10.1. The Labute approximate surface area is 270 Å². The minimum atomic E-state index is -0.859. The number of aryl methyl sites for hydroxylation is 1. The summed E-state index contributed by atoms with van der Waals surface area (Å²) in [6.07, 6.45) is 0. The number of amides is 1. The summed E-state index contributed by atoms with van der Waals surface area (Å²) >= 11 is 1.24. The highest BCUT2D eigenvalue weighted by atomic mass is 32.2. The fraction of sp³-hybridized carbons (Fsp3) is 0.303. The second-order valence-electron chi connectivity index (χ2n) is 9.79. The number of carbonyl (C=O) groups excluding carboxylic acids is 2. The van der Waals surface area contributed by atoms with Crippen molar-refractivity contribution in [2.24, 2.45) is 0 Å². The average molecular weight is 653 g/mol. The van der Waals surface area contributed by atoms with E-state index in [2.05, 4.69) is 10.0 Å². The van der Waals surface area contributed by atoms with Crippen molar-refractivity contribution in [2.45, 2.75) is 24.8 Å². The molecule has 2 N–H and O–H groups in total. The van der Waals surface area contributed by atoms with E-state index in [9.17, 15) is 14.4 Å². The molecule has 0 spiro atoms.